The Kier molecular flexibility index (Phi) is 2.66. The van der Waals surface area contributed by atoms with Crippen molar-refractivity contribution >= 4 is 28.8 Å². The lowest BCUT2D eigenvalue weighted by Gasteiger charge is -2.00. The van der Waals surface area contributed by atoms with Crippen molar-refractivity contribution < 1.29 is 0 Å². The van der Waals surface area contributed by atoms with Crippen LogP contribution >= 0.6 is 23.2 Å². The molecule has 0 fully saturated rings. The predicted molar refractivity (Wildman–Crippen MR) is 59.1 cm³/mol. The smallest absolute Gasteiger partial charge is 0.140 e. The lowest BCUT2D eigenvalue weighted by atomic mass is 10.2. The molecule has 0 aromatic carbocycles. The molecule has 0 amide bonds. The number of hydrogen-bond donors (Lipinski definition) is 0. The van der Waals surface area contributed by atoms with Crippen LogP contribution in [-0.2, 0) is 12.3 Å². The summed E-state index contributed by atoms with van der Waals surface area (Å²) < 4.78 is 1.93. The normalized spacial score (nSPS) is 11.1. The largest absolute Gasteiger partial charge is 0.305 e. The second-order valence-electron chi connectivity index (χ2n) is 3.13. The molecule has 0 aliphatic rings. The molecule has 2 aromatic heterocycles. The zero-order valence-electron chi connectivity index (χ0n) is 7.80. The van der Waals surface area contributed by atoms with E-state index in [1.54, 1.807) is 0 Å². The van der Waals surface area contributed by atoms with Gasteiger partial charge in [-0.1, -0.05) is 18.5 Å². The molecule has 14 heavy (non-hydrogen) atoms. The molecular formula is C10H10Cl2N2. The summed E-state index contributed by atoms with van der Waals surface area (Å²) in [7, 11) is 0. The molecule has 2 aromatic rings. The maximum absolute atomic E-state index is 5.97. The molecular weight excluding hydrogens is 219 g/mol. The number of aryl methyl sites for hydroxylation is 1. The summed E-state index contributed by atoms with van der Waals surface area (Å²) in [5.41, 5.74) is 2.98. The molecule has 0 spiro atoms. The van der Waals surface area contributed by atoms with E-state index in [1.165, 1.54) is 0 Å². The Morgan fingerprint density at radius 1 is 1.43 bits per heavy atom. The number of hydrogen-bond acceptors (Lipinski definition) is 1. The van der Waals surface area contributed by atoms with E-state index in [1.807, 2.05) is 22.9 Å². The fraction of sp³-hybridized carbons (Fsp3) is 0.300. The first kappa shape index (κ1) is 9.81. The van der Waals surface area contributed by atoms with Crippen LogP contribution < -0.4 is 0 Å². The molecule has 0 aliphatic carbocycles. The molecule has 0 bridgehead atoms. The van der Waals surface area contributed by atoms with Crippen molar-refractivity contribution in [3.8, 4) is 0 Å². The highest BCUT2D eigenvalue weighted by atomic mass is 35.5. The van der Waals surface area contributed by atoms with E-state index >= 15 is 0 Å². The highest BCUT2D eigenvalue weighted by Gasteiger charge is 2.05. The van der Waals surface area contributed by atoms with Gasteiger partial charge in [-0.15, -0.1) is 11.6 Å². The van der Waals surface area contributed by atoms with Crippen molar-refractivity contribution in [3.05, 3.63) is 34.7 Å². The Labute approximate surface area is 92.5 Å². The summed E-state index contributed by atoms with van der Waals surface area (Å²) in [5, 5.41) is 0.730. The minimum atomic E-state index is 0.433. The van der Waals surface area contributed by atoms with Gasteiger partial charge >= 0.3 is 0 Å². The molecule has 2 nitrogen and oxygen atoms in total. The van der Waals surface area contributed by atoms with E-state index in [2.05, 4.69) is 11.9 Å². The first-order chi connectivity index (χ1) is 6.74. The summed E-state index contributed by atoms with van der Waals surface area (Å²) in [6.45, 7) is 2.08. The van der Waals surface area contributed by atoms with E-state index < -0.39 is 0 Å². The SMILES string of the molecule is CCc1cc(Cl)cn2cc(CCl)nc12. The maximum atomic E-state index is 5.97. The van der Waals surface area contributed by atoms with Crippen molar-refractivity contribution in [2.45, 2.75) is 19.2 Å². The van der Waals surface area contributed by atoms with Crippen molar-refractivity contribution in [2.24, 2.45) is 0 Å². The third-order valence-electron chi connectivity index (χ3n) is 2.16. The molecule has 74 valence electrons. The van der Waals surface area contributed by atoms with Gasteiger partial charge in [0.05, 0.1) is 16.6 Å². The van der Waals surface area contributed by atoms with Crippen LogP contribution in [0.1, 0.15) is 18.2 Å². The standard InChI is InChI=1S/C10H10Cl2N2/c1-2-7-3-8(12)5-14-6-9(4-11)13-10(7)14/h3,5-6H,2,4H2,1H3. The van der Waals surface area contributed by atoms with E-state index in [-0.39, 0.29) is 0 Å². The molecule has 0 N–H and O–H groups in total. The fourth-order valence-electron chi connectivity index (χ4n) is 1.51. The van der Waals surface area contributed by atoms with E-state index in [0.29, 0.717) is 5.88 Å². The fourth-order valence-corrected chi connectivity index (χ4v) is 1.87. The number of fused-ring (bicyclic) bond motifs is 1. The van der Waals surface area contributed by atoms with Crippen LogP contribution in [-0.4, -0.2) is 9.38 Å². The Bertz CT molecular complexity index is 462. The molecule has 0 atom stereocenters. The Morgan fingerprint density at radius 2 is 2.21 bits per heavy atom. The van der Waals surface area contributed by atoms with Gasteiger partial charge < -0.3 is 4.40 Å². The quantitative estimate of drug-likeness (QED) is 0.722. The number of rotatable bonds is 2. The summed E-state index contributed by atoms with van der Waals surface area (Å²) >= 11 is 11.7. The zero-order valence-corrected chi connectivity index (χ0v) is 9.31. The highest BCUT2D eigenvalue weighted by molar-refractivity contribution is 6.30. The number of alkyl halides is 1. The molecule has 2 rings (SSSR count). The number of nitrogens with zero attached hydrogens (tertiary/aromatic N) is 2. The lowest BCUT2D eigenvalue weighted by molar-refractivity contribution is 1.08. The van der Waals surface area contributed by atoms with Gasteiger partial charge in [0.2, 0.25) is 0 Å². The van der Waals surface area contributed by atoms with Gasteiger partial charge in [0.1, 0.15) is 5.65 Å². The molecule has 0 saturated carbocycles. The second-order valence-corrected chi connectivity index (χ2v) is 3.84. The maximum Gasteiger partial charge on any atom is 0.140 e. The van der Waals surface area contributed by atoms with Crippen molar-refractivity contribution in [1.29, 1.82) is 0 Å². The average Bonchev–Trinajstić information content (AvgIpc) is 2.59. The van der Waals surface area contributed by atoms with E-state index in [4.69, 9.17) is 23.2 Å². The topological polar surface area (TPSA) is 17.3 Å². The van der Waals surface area contributed by atoms with Crippen molar-refractivity contribution in [1.82, 2.24) is 9.38 Å². The van der Waals surface area contributed by atoms with Crippen LogP contribution in [0.3, 0.4) is 0 Å². The molecule has 0 unspecified atom stereocenters. The van der Waals surface area contributed by atoms with Crippen LogP contribution in [0.4, 0.5) is 0 Å². The summed E-state index contributed by atoms with van der Waals surface area (Å²) in [6.07, 6.45) is 4.68. The predicted octanol–water partition coefficient (Wildman–Crippen LogP) is 3.29. The van der Waals surface area contributed by atoms with Gasteiger partial charge in [-0.3, -0.25) is 0 Å². The Morgan fingerprint density at radius 3 is 2.86 bits per heavy atom. The Hall–Kier alpha value is -0.730. The van der Waals surface area contributed by atoms with Crippen LogP contribution in [0.15, 0.2) is 18.5 Å². The van der Waals surface area contributed by atoms with Crippen molar-refractivity contribution in [3.63, 3.8) is 0 Å². The van der Waals surface area contributed by atoms with Crippen LogP contribution in [0.5, 0.6) is 0 Å². The molecule has 0 aliphatic heterocycles. The van der Waals surface area contributed by atoms with Gasteiger partial charge in [-0.2, -0.15) is 0 Å². The second kappa shape index (κ2) is 3.79. The molecule has 0 radical (unpaired) electrons. The van der Waals surface area contributed by atoms with Gasteiger partial charge in [0.25, 0.3) is 0 Å². The molecule has 2 heterocycles. The average molecular weight is 229 g/mol. The summed E-state index contributed by atoms with van der Waals surface area (Å²) in [6, 6.07) is 1.95. The van der Waals surface area contributed by atoms with Gasteiger partial charge in [0.15, 0.2) is 0 Å². The number of pyridine rings is 1. The third kappa shape index (κ3) is 1.60. The minimum absolute atomic E-state index is 0.433. The summed E-state index contributed by atoms with van der Waals surface area (Å²) in [5.74, 6) is 0.433. The minimum Gasteiger partial charge on any atom is -0.305 e. The van der Waals surface area contributed by atoms with Gasteiger partial charge in [-0.25, -0.2) is 4.98 Å². The van der Waals surface area contributed by atoms with Crippen molar-refractivity contribution in [2.75, 3.05) is 0 Å². The number of aromatic nitrogens is 2. The molecule has 0 saturated heterocycles. The first-order valence-electron chi connectivity index (χ1n) is 4.46. The summed E-state index contributed by atoms with van der Waals surface area (Å²) in [4.78, 5) is 4.42. The monoisotopic (exact) mass is 228 g/mol. The van der Waals surface area contributed by atoms with Crippen LogP contribution in [0, 0.1) is 0 Å². The Balaban J connectivity index is 2.71. The zero-order chi connectivity index (χ0) is 10.1. The van der Waals surface area contributed by atoms with Gasteiger partial charge in [0, 0.05) is 12.4 Å². The van der Waals surface area contributed by atoms with E-state index in [9.17, 15) is 0 Å². The van der Waals surface area contributed by atoms with Gasteiger partial charge in [-0.05, 0) is 18.1 Å². The lowest BCUT2D eigenvalue weighted by Crippen LogP contribution is -1.90. The van der Waals surface area contributed by atoms with Crippen LogP contribution in [0.25, 0.3) is 5.65 Å². The first-order valence-corrected chi connectivity index (χ1v) is 5.37. The van der Waals surface area contributed by atoms with E-state index in [0.717, 1.165) is 28.3 Å². The third-order valence-corrected chi connectivity index (χ3v) is 2.64. The highest BCUT2D eigenvalue weighted by Crippen LogP contribution is 2.18. The number of imidazole rings is 1. The number of halogens is 2. The molecule has 4 heteroatoms. The van der Waals surface area contributed by atoms with Crippen LogP contribution in [0.2, 0.25) is 5.02 Å².